The van der Waals surface area contributed by atoms with Crippen LogP contribution in [0.1, 0.15) is 12.8 Å². The molecule has 0 bridgehead atoms. The largest absolute Gasteiger partial charge is 0.438 e. The molecule has 1 saturated heterocycles. The van der Waals surface area contributed by atoms with Gasteiger partial charge >= 0.3 is 0 Å². The Hall–Kier alpha value is -3.33. The minimum absolute atomic E-state index is 0.326. The minimum Gasteiger partial charge on any atom is -0.438 e. The maximum atomic E-state index is 6.23. The van der Waals surface area contributed by atoms with E-state index in [1.807, 2.05) is 66.7 Å². The van der Waals surface area contributed by atoms with Crippen molar-refractivity contribution in [2.75, 3.05) is 23.1 Å². The van der Waals surface area contributed by atoms with Crippen LogP contribution < -0.4 is 20.1 Å². The Balaban J connectivity index is 1.27. The molecular weight excluding hydrogens is 480 g/mol. The quantitative estimate of drug-likeness (QED) is 0.242. The van der Waals surface area contributed by atoms with Gasteiger partial charge in [-0.3, -0.25) is 0 Å². The molecule has 0 saturated carbocycles. The summed E-state index contributed by atoms with van der Waals surface area (Å²) >= 11 is 7.69. The van der Waals surface area contributed by atoms with E-state index < -0.39 is 0 Å². The number of pyridine rings is 1. The summed E-state index contributed by atoms with van der Waals surface area (Å²) in [5.74, 6) is 1.78. The van der Waals surface area contributed by atoms with Crippen LogP contribution in [0.3, 0.4) is 0 Å². The lowest BCUT2D eigenvalue weighted by molar-refractivity contribution is 0.465. The molecule has 178 valence electrons. The van der Waals surface area contributed by atoms with Gasteiger partial charge in [-0.25, -0.2) is 15.0 Å². The number of nitrogens with one attached hydrogen (secondary N) is 3. The maximum Gasteiger partial charge on any atom is 0.228 e. The SMILES string of the molecule is Clc1ccccc1SNc1ccc(Oc2ncccc2-c2ccnc(NC3CCCNC3)n2)cc1. The van der Waals surface area contributed by atoms with E-state index >= 15 is 0 Å². The molecule has 1 atom stereocenters. The molecule has 3 heterocycles. The fourth-order valence-electron chi connectivity index (χ4n) is 3.75. The Bertz CT molecular complexity index is 1270. The molecule has 1 aliphatic heterocycles. The maximum absolute atomic E-state index is 6.23. The molecule has 1 fully saturated rings. The monoisotopic (exact) mass is 504 g/mol. The standard InChI is InChI=1S/C26H25ClN6OS/c27-22-7-1-2-8-24(22)35-33-18-9-11-20(12-10-18)34-25-21(6-4-15-29-25)23-13-16-30-26(32-23)31-19-5-3-14-28-17-19/h1-2,4,6-13,15-16,19,28,33H,3,5,14,17H2,(H,30,31,32). The van der Waals surface area contributed by atoms with Crippen LogP contribution in [0.4, 0.5) is 11.6 Å². The fraction of sp³-hybridized carbons (Fsp3) is 0.192. The van der Waals surface area contributed by atoms with Crippen molar-refractivity contribution < 1.29 is 4.74 Å². The first-order valence-electron chi connectivity index (χ1n) is 11.5. The van der Waals surface area contributed by atoms with Crippen LogP contribution in [0.2, 0.25) is 5.02 Å². The lowest BCUT2D eigenvalue weighted by Gasteiger charge is -2.23. The van der Waals surface area contributed by atoms with Crippen LogP contribution in [0.5, 0.6) is 11.6 Å². The Morgan fingerprint density at radius 1 is 0.971 bits per heavy atom. The second kappa shape index (κ2) is 11.4. The molecule has 0 radical (unpaired) electrons. The average Bonchev–Trinajstić information content (AvgIpc) is 2.90. The van der Waals surface area contributed by atoms with Crippen molar-refractivity contribution in [1.82, 2.24) is 20.3 Å². The third-order valence-corrected chi connectivity index (χ3v) is 6.87. The van der Waals surface area contributed by atoms with Gasteiger partial charge in [-0.2, -0.15) is 0 Å². The summed E-state index contributed by atoms with van der Waals surface area (Å²) in [6.07, 6.45) is 5.71. The number of hydrogen-bond acceptors (Lipinski definition) is 8. The van der Waals surface area contributed by atoms with Crippen LogP contribution >= 0.6 is 23.5 Å². The smallest absolute Gasteiger partial charge is 0.228 e. The van der Waals surface area contributed by atoms with Crippen LogP contribution in [0.15, 0.2) is 84.0 Å². The summed E-state index contributed by atoms with van der Waals surface area (Å²) in [4.78, 5) is 14.5. The molecule has 0 amide bonds. The summed E-state index contributed by atoms with van der Waals surface area (Å²) in [5, 5.41) is 7.55. The highest BCUT2D eigenvalue weighted by molar-refractivity contribution is 8.00. The normalized spacial score (nSPS) is 15.4. The zero-order valence-electron chi connectivity index (χ0n) is 18.9. The van der Waals surface area contributed by atoms with Gasteiger partial charge < -0.3 is 20.1 Å². The molecule has 0 spiro atoms. The molecule has 4 aromatic rings. The first kappa shape index (κ1) is 23.4. The number of benzene rings is 2. The van der Waals surface area contributed by atoms with E-state index in [9.17, 15) is 0 Å². The van der Waals surface area contributed by atoms with Crippen LogP contribution in [-0.2, 0) is 0 Å². The first-order chi connectivity index (χ1) is 17.2. The molecule has 35 heavy (non-hydrogen) atoms. The van der Waals surface area contributed by atoms with Gasteiger partial charge in [0.25, 0.3) is 0 Å². The summed E-state index contributed by atoms with van der Waals surface area (Å²) in [7, 11) is 0. The molecule has 1 aliphatic rings. The Kier molecular flexibility index (Phi) is 7.62. The number of halogens is 1. The van der Waals surface area contributed by atoms with Crippen molar-refractivity contribution in [2.24, 2.45) is 0 Å². The van der Waals surface area contributed by atoms with Crippen LogP contribution in [0.25, 0.3) is 11.3 Å². The van der Waals surface area contributed by atoms with Gasteiger partial charge in [-0.15, -0.1) is 0 Å². The van der Waals surface area contributed by atoms with Crippen molar-refractivity contribution in [3.05, 3.63) is 84.1 Å². The van der Waals surface area contributed by atoms with Crippen LogP contribution in [0, 0.1) is 0 Å². The van der Waals surface area contributed by atoms with Crippen molar-refractivity contribution in [2.45, 2.75) is 23.8 Å². The van der Waals surface area contributed by atoms with Gasteiger partial charge in [0.15, 0.2) is 0 Å². The first-order valence-corrected chi connectivity index (χ1v) is 12.6. The Morgan fingerprint density at radius 2 is 1.86 bits per heavy atom. The summed E-state index contributed by atoms with van der Waals surface area (Å²) < 4.78 is 9.44. The van der Waals surface area contributed by atoms with Gasteiger partial charge in [0.2, 0.25) is 11.8 Å². The molecule has 2 aromatic heterocycles. The molecule has 9 heteroatoms. The molecular formula is C26H25ClN6OS. The predicted octanol–water partition coefficient (Wildman–Crippen LogP) is 6.27. The topological polar surface area (TPSA) is 84.0 Å². The summed E-state index contributed by atoms with van der Waals surface area (Å²) in [5.41, 5.74) is 2.49. The number of aromatic nitrogens is 3. The second-order valence-corrected chi connectivity index (χ2v) is 9.33. The van der Waals surface area contributed by atoms with Gasteiger partial charge in [0.05, 0.1) is 16.3 Å². The molecule has 2 aromatic carbocycles. The highest BCUT2D eigenvalue weighted by Crippen LogP contribution is 2.32. The third kappa shape index (κ3) is 6.22. The highest BCUT2D eigenvalue weighted by Gasteiger charge is 2.15. The number of rotatable bonds is 8. The van der Waals surface area contributed by atoms with Crippen molar-refractivity contribution >= 4 is 35.2 Å². The Morgan fingerprint density at radius 3 is 2.69 bits per heavy atom. The van der Waals surface area contributed by atoms with Gasteiger partial charge in [0, 0.05) is 35.6 Å². The average molecular weight is 505 g/mol. The van der Waals surface area contributed by atoms with Crippen molar-refractivity contribution in [3.8, 4) is 22.9 Å². The van der Waals surface area contributed by atoms with E-state index in [4.69, 9.17) is 21.3 Å². The number of hydrogen-bond donors (Lipinski definition) is 3. The molecule has 5 rings (SSSR count). The van der Waals surface area contributed by atoms with Gasteiger partial charge in [0.1, 0.15) is 5.75 Å². The van der Waals surface area contributed by atoms with Gasteiger partial charge in [-0.05, 0) is 85.9 Å². The lowest BCUT2D eigenvalue weighted by atomic mass is 10.1. The van der Waals surface area contributed by atoms with Gasteiger partial charge in [-0.1, -0.05) is 23.7 Å². The summed E-state index contributed by atoms with van der Waals surface area (Å²) in [6, 6.07) is 21.4. The summed E-state index contributed by atoms with van der Waals surface area (Å²) in [6.45, 7) is 1.98. The molecule has 1 unspecified atom stereocenters. The fourth-order valence-corrected chi connectivity index (χ4v) is 4.67. The number of ether oxygens (including phenoxy) is 1. The third-order valence-electron chi connectivity index (χ3n) is 5.52. The second-order valence-electron chi connectivity index (χ2n) is 8.07. The predicted molar refractivity (Wildman–Crippen MR) is 142 cm³/mol. The lowest BCUT2D eigenvalue weighted by Crippen LogP contribution is -2.38. The van der Waals surface area contributed by atoms with E-state index in [0.29, 0.717) is 28.6 Å². The number of nitrogens with zero attached hydrogens (tertiary/aromatic N) is 3. The Labute approximate surface area is 213 Å². The van der Waals surface area contributed by atoms with E-state index in [-0.39, 0.29) is 0 Å². The molecule has 7 nitrogen and oxygen atoms in total. The van der Waals surface area contributed by atoms with Crippen molar-refractivity contribution in [3.63, 3.8) is 0 Å². The van der Waals surface area contributed by atoms with E-state index in [2.05, 4.69) is 25.3 Å². The molecule has 0 aliphatic carbocycles. The zero-order valence-corrected chi connectivity index (χ0v) is 20.5. The van der Waals surface area contributed by atoms with E-state index in [0.717, 1.165) is 47.8 Å². The zero-order chi connectivity index (χ0) is 23.9. The highest BCUT2D eigenvalue weighted by atomic mass is 35.5. The number of anilines is 2. The molecule has 3 N–H and O–H groups in total. The number of piperidine rings is 1. The van der Waals surface area contributed by atoms with E-state index in [1.54, 1.807) is 12.4 Å². The van der Waals surface area contributed by atoms with Crippen molar-refractivity contribution in [1.29, 1.82) is 0 Å². The van der Waals surface area contributed by atoms with Crippen LogP contribution in [-0.4, -0.2) is 34.1 Å². The minimum atomic E-state index is 0.326. The van der Waals surface area contributed by atoms with E-state index in [1.165, 1.54) is 11.9 Å².